The van der Waals surface area contributed by atoms with Crippen molar-refractivity contribution in [2.24, 2.45) is 0 Å². The van der Waals surface area contributed by atoms with E-state index in [2.05, 4.69) is 190 Å². The van der Waals surface area contributed by atoms with Gasteiger partial charge in [-0.3, -0.25) is 0 Å². The Morgan fingerprint density at radius 3 is 1.21 bits per heavy atom. The van der Waals surface area contributed by atoms with Crippen molar-refractivity contribution in [2.45, 2.75) is 0 Å². The first-order chi connectivity index (χ1) is 25.8. The first-order valence-corrected chi connectivity index (χ1v) is 17.8. The fourth-order valence-electron chi connectivity index (χ4n) is 8.84. The summed E-state index contributed by atoms with van der Waals surface area (Å²) in [6, 6.07) is 63.4. The molecule has 4 aromatic heterocycles. The van der Waals surface area contributed by atoms with Gasteiger partial charge in [-0.1, -0.05) is 91.0 Å². The van der Waals surface area contributed by atoms with Crippen LogP contribution in [0.3, 0.4) is 0 Å². The van der Waals surface area contributed by atoms with Gasteiger partial charge in [0.15, 0.2) is 0 Å². The number of rotatable bonds is 3. The van der Waals surface area contributed by atoms with Gasteiger partial charge >= 0.3 is 0 Å². The minimum absolute atomic E-state index is 0.888. The molecular formula is C48H29N3O. The summed E-state index contributed by atoms with van der Waals surface area (Å²) in [7, 11) is 0. The maximum Gasteiger partial charge on any atom is 0.145 e. The van der Waals surface area contributed by atoms with Crippen LogP contribution in [0.25, 0.3) is 104 Å². The standard InChI is InChI=1S/C48H29N3O/c1-6-16-40-33(11-1)34-12-2-7-17-41(34)49(40)30-21-23-31(24-22-30)50-44-20-10-5-15-38(44)47-45(50)27-26-37-39-29-32(25-28-46(39)52-48(37)47)51-42-18-8-3-13-35(42)36-14-4-9-19-43(36)51/h1-29H. The molecule has 0 aliphatic heterocycles. The van der Waals surface area contributed by atoms with Gasteiger partial charge in [0.25, 0.3) is 0 Å². The molecular weight excluding hydrogens is 635 g/mol. The number of nitrogens with zero attached hydrogens (tertiary/aromatic N) is 3. The molecule has 0 aliphatic rings. The Kier molecular flexibility index (Phi) is 5.47. The Balaban J connectivity index is 1.05. The summed E-state index contributed by atoms with van der Waals surface area (Å²) in [4.78, 5) is 0. The molecule has 0 unspecified atom stereocenters. The fraction of sp³-hybridized carbons (Fsp3) is 0. The lowest BCUT2D eigenvalue weighted by Crippen LogP contribution is -1.97. The number of aromatic nitrogens is 3. The van der Waals surface area contributed by atoms with Crippen molar-refractivity contribution in [2.75, 3.05) is 0 Å². The average molecular weight is 664 g/mol. The Hall–Kier alpha value is -7.04. The highest BCUT2D eigenvalue weighted by molar-refractivity contribution is 6.24. The molecule has 0 N–H and O–H groups in total. The molecule has 242 valence electrons. The Morgan fingerprint density at radius 1 is 0.288 bits per heavy atom. The largest absolute Gasteiger partial charge is 0.455 e. The molecule has 0 fully saturated rings. The summed E-state index contributed by atoms with van der Waals surface area (Å²) >= 11 is 0. The minimum Gasteiger partial charge on any atom is -0.455 e. The van der Waals surface area contributed by atoms with Crippen LogP contribution in [0, 0.1) is 0 Å². The van der Waals surface area contributed by atoms with Crippen LogP contribution in [0.1, 0.15) is 0 Å². The van der Waals surface area contributed by atoms with Crippen molar-refractivity contribution in [1.82, 2.24) is 13.7 Å². The van der Waals surface area contributed by atoms with E-state index in [1.165, 1.54) is 49.0 Å². The molecule has 0 atom stereocenters. The van der Waals surface area contributed by atoms with Crippen molar-refractivity contribution < 1.29 is 4.42 Å². The molecule has 0 spiro atoms. The highest BCUT2D eigenvalue weighted by atomic mass is 16.3. The Labute approximate surface area is 297 Å². The zero-order chi connectivity index (χ0) is 33.9. The monoisotopic (exact) mass is 663 g/mol. The Bertz CT molecular complexity index is 3300. The maximum atomic E-state index is 6.79. The number of para-hydroxylation sites is 5. The predicted molar refractivity (Wildman–Crippen MR) is 217 cm³/mol. The van der Waals surface area contributed by atoms with E-state index < -0.39 is 0 Å². The van der Waals surface area contributed by atoms with Crippen molar-refractivity contribution in [3.63, 3.8) is 0 Å². The first-order valence-electron chi connectivity index (χ1n) is 17.8. The molecule has 4 heterocycles. The third-order valence-electron chi connectivity index (χ3n) is 11.0. The zero-order valence-electron chi connectivity index (χ0n) is 28.0. The van der Waals surface area contributed by atoms with Gasteiger partial charge in [-0.15, -0.1) is 0 Å². The SMILES string of the molecule is c1ccc2c(c1)c1ccccc1n2-c1ccc(-n2c3ccccc3c3c4oc5ccc(-n6c7ccccc7c7ccccc76)cc5c4ccc32)cc1. The van der Waals surface area contributed by atoms with Gasteiger partial charge in [0.2, 0.25) is 0 Å². The highest BCUT2D eigenvalue weighted by Crippen LogP contribution is 2.42. The summed E-state index contributed by atoms with van der Waals surface area (Å²) in [5.41, 5.74) is 12.3. The van der Waals surface area contributed by atoms with E-state index in [-0.39, 0.29) is 0 Å². The molecule has 52 heavy (non-hydrogen) atoms. The van der Waals surface area contributed by atoms with Crippen molar-refractivity contribution >= 4 is 87.4 Å². The van der Waals surface area contributed by atoms with Gasteiger partial charge < -0.3 is 18.1 Å². The number of hydrogen-bond donors (Lipinski definition) is 0. The Morgan fingerprint density at radius 2 is 0.692 bits per heavy atom. The molecule has 0 bridgehead atoms. The molecule has 4 nitrogen and oxygen atoms in total. The lowest BCUT2D eigenvalue weighted by atomic mass is 10.1. The molecule has 12 rings (SSSR count). The van der Waals surface area contributed by atoms with Crippen LogP contribution >= 0.6 is 0 Å². The van der Waals surface area contributed by atoms with Gasteiger partial charge in [-0.05, 0) is 84.9 Å². The van der Waals surface area contributed by atoms with Crippen LogP contribution in [-0.4, -0.2) is 13.7 Å². The van der Waals surface area contributed by atoms with Gasteiger partial charge in [0.1, 0.15) is 11.2 Å². The smallest absolute Gasteiger partial charge is 0.145 e. The lowest BCUT2D eigenvalue weighted by molar-refractivity contribution is 0.673. The van der Waals surface area contributed by atoms with E-state index in [0.29, 0.717) is 0 Å². The molecule has 12 aromatic rings. The first kappa shape index (κ1) is 27.7. The van der Waals surface area contributed by atoms with Gasteiger partial charge in [0.05, 0.1) is 38.5 Å². The molecule has 0 saturated heterocycles. The maximum absolute atomic E-state index is 6.79. The second kappa shape index (κ2) is 10.3. The normalized spacial score (nSPS) is 12.2. The average Bonchev–Trinajstić information content (AvgIpc) is 3.94. The third-order valence-corrected chi connectivity index (χ3v) is 11.0. The second-order valence-corrected chi connectivity index (χ2v) is 13.7. The summed E-state index contributed by atoms with van der Waals surface area (Å²) in [5.74, 6) is 0. The summed E-state index contributed by atoms with van der Waals surface area (Å²) in [6.07, 6.45) is 0. The molecule has 0 amide bonds. The van der Waals surface area contributed by atoms with E-state index in [1.54, 1.807) is 0 Å². The lowest BCUT2D eigenvalue weighted by Gasteiger charge is -2.11. The highest BCUT2D eigenvalue weighted by Gasteiger charge is 2.20. The second-order valence-electron chi connectivity index (χ2n) is 13.7. The van der Waals surface area contributed by atoms with E-state index >= 15 is 0 Å². The third kappa shape index (κ3) is 3.65. The number of furan rings is 1. The van der Waals surface area contributed by atoms with Crippen LogP contribution in [0.15, 0.2) is 180 Å². The molecule has 8 aromatic carbocycles. The van der Waals surface area contributed by atoms with E-state index in [4.69, 9.17) is 4.42 Å². The predicted octanol–water partition coefficient (Wildman–Crippen LogP) is 12.9. The van der Waals surface area contributed by atoms with Crippen LogP contribution in [0.5, 0.6) is 0 Å². The summed E-state index contributed by atoms with van der Waals surface area (Å²) in [5, 5.41) is 9.59. The topological polar surface area (TPSA) is 27.9 Å². The summed E-state index contributed by atoms with van der Waals surface area (Å²) in [6.45, 7) is 0. The van der Waals surface area contributed by atoms with Crippen LogP contribution < -0.4 is 0 Å². The van der Waals surface area contributed by atoms with Crippen LogP contribution in [0.4, 0.5) is 0 Å². The van der Waals surface area contributed by atoms with Gasteiger partial charge in [-0.2, -0.15) is 0 Å². The fourth-order valence-corrected chi connectivity index (χ4v) is 8.84. The molecule has 0 radical (unpaired) electrons. The zero-order valence-corrected chi connectivity index (χ0v) is 28.0. The van der Waals surface area contributed by atoms with E-state index in [0.717, 1.165) is 55.4 Å². The van der Waals surface area contributed by atoms with Crippen LogP contribution in [0.2, 0.25) is 0 Å². The van der Waals surface area contributed by atoms with Gasteiger partial charge in [-0.25, -0.2) is 0 Å². The molecule has 4 heteroatoms. The van der Waals surface area contributed by atoms with Crippen molar-refractivity contribution in [3.05, 3.63) is 176 Å². The molecule has 0 aliphatic carbocycles. The number of fused-ring (bicyclic) bond motifs is 13. The van der Waals surface area contributed by atoms with Crippen molar-refractivity contribution in [1.29, 1.82) is 0 Å². The summed E-state index contributed by atoms with van der Waals surface area (Å²) < 4.78 is 13.9. The molecule has 0 saturated carbocycles. The van der Waals surface area contributed by atoms with Crippen molar-refractivity contribution in [3.8, 4) is 17.1 Å². The quantitative estimate of drug-likeness (QED) is 0.185. The minimum atomic E-state index is 0.888. The van der Waals surface area contributed by atoms with Gasteiger partial charge in [0, 0.05) is 54.8 Å². The number of benzene rings is 8. The van der Waals surface area contributed by atoms with E-state index in [1.807, 2.05) is 0 Å². The van der Waals surface area contributed by atoms with Crippen LogP contribution in [-0.2, 0) is 0 Å². The number of hydrogen-bond acceptors (Lipinski definition) is 1. The van der Waals surface area contributed by atoms with E-state index in [9.17, 15) is 0 Å².